The number of hydrogen-bond acceptors (Lipinski definition) is 2. The van der Waals surface area contributed by atoms with Gasteiger partial charge in [0.25, 0.3) is 5.91 Å². The first-order chi connectivity index (χ1) is 8.63. The molecule has 0 radical (unpaired) electrons. The summed E-state index contributed by atoms with van der Waals surface area (Å²) in [6, 6.07) is 5.83. The van der Waals surface area contributed by atoms with Crippen molar-refractivity contribution in [1.29, 1.82) is 0 Å². The minimum atomic E-state index is 0.174. The first-order valence-corrected chi connectivity index (χ1v) is 8.13. The van der Waals surface area contributed by atoms with E-state index in [0.29, 0.717) is 5.25 Å². The van der Waals surface area contributed by atoms with Gasteiger partial charge in [-0.1, -0.05) is 28.9 Å². The molecule has 1 aromatic rings. The number of nitrogens with zero attached hydrogens (tertiary/aromatic N) is 1. The van der Waals surface area contributed by atoms with Crippen molar-refractivity contribution in [3.8, 4) is 0 Å². The Morgan fingerprint density at radius 3 is 3.06 bits per heavy atom. The second-order valence-electron chi connectivity index (χ2n) is 4.56. The molecule has 0 aromatic heterocycles. The zero-order valence-electron chi connectivity index (χ0n) is 10.8. The molecule has 1 unspecified atom stereocenters. The number of carbonyl (C=O) groups excluding carboxylic acids is 1. The molecule has 0 N–H and O–H groups in total. The van der Waals surface area contributed by atoms with E-state index in [2.05, 4.69) is 22.9 Å². The van der Waals surface area contributed by atoms with Crippen molar-refractivity contribution in [2.24, 2.45) is 0 Å². The minimum Gasteiger partial charge on any atom is -0.337 e. The van der Waals surface area contributed by atoms with E-state index >= 15 is 0 Å². The largest absolute Gasteiger partial charge is 0.337 e. The van der Waals surface area contributed by atoms with Crippen LogP contribution in [0.2, 0.25) is 0 Å². The normalized spacial score (nSPS) is 19.9. The van der Waals surface area contributed by atoms with Crippen molar-refractivity contribution in [2.45, 2.75) is 25.5 Å². The van der Waals surface area contributed by atoms with Gasteiger partial charge in [-0.2, -0.15) is 11.8 Å². The second kappa shape index (κ2) is 6.11. The van der Waals surface area contributed by atoms with Crippen molar-refractivity contribution in [3.63, 3.8) is 0 Å². The molecule has 98 valence electrons. The van der Waals surface area contributed by atoms with Gasteiger partial charge in [-0.3, -0.25) is 4.79 Å². The lowest BCUT2D eigenvalue weighted by molar-refractivity contribution is 0.0760. The summed E-state index contributed by atoms with van der Waals surface area (Å²) in [6.45, 7) is 5.93. The highest BCUT2D eigenvalue weighted by atomic mass is 79.9. The van der Waals surface area contributed by atoms with Crippen molar-refractivity contribution < 1.29 is 4.79 Å². The highest BCUT2D eigenvalue weighted by Gasteiger charge is 2.24. The van der Waals surface area contributed by atoms with E-state index in [-0.39, 0.29) is 5.91 Å². The fraction of sp³-hybridized carbons (Fsp3) is 0.500. The van der Waals surface area contributed by atoms with Crippen LogP contribution in [0.25, 0.3) is 0 Å². The smallest absolute Gasteiger partial charge is 0.254 e. The van der Waals surface area contributed by atoms with Gasteiger partial charge >= 0.3 is 0 Å². The average Bonchev–Trinajstić information content (AvgIpc) is 2.41. The van der Waals surface area contributed by atoms with Gasteiger partial charge in [0.1, 0.15) is 0 Å². The summed E-state index contributed by atoms with van der Waals surface area (Å²) < 4.78 is 1.01. The molecule has 0 spiro atoms. The zero-order chi connectivity index (χ0) is 13.1. The highest BCUT2D eigenvalue weighted by molar-refractivity contribution is 9.10. The molecule has 1 saturated heterocycles. The molecule has 1 aliphatic rings. The monoisotopic (exact) mass is 327 g/mol. The molecule has 1 atom stereocenters. The van der Waals surface area contributed by atoms with Gasteiger partial charge in [0.2, 0.25) is 0 Å². The molecular formula is C14H18BrNOS. The Labute approximate surface area is 121 Å². The molecule has 1 amide bonds. The van der Waals surface area contributed by atoms with E-state index in [4.69, 9.17) is 0 Å². The van der Waals surface area contributed by atoms with E-state index < -0.39 is 0 Å². The Morgan fingerprint density at radius 1 is 1.56 bits per heavy atom. The van der Waals surface area contributed by atoms with Crippen LogP contribution in [-0.2, 0) is 0 Å². The second-order valence-corrected chi connectivity index (χ2v) is 6.83. The van der Waals surface area contributed by atoms with Crippen molar-refractivity contribution in [2.75, 3.05) is 18.8 Å². The van der Waals surface area contributed by atoms with E-state index in [1.165, 1.54) is 0 Å². The standard InChI is InChI=1S/C14H18BrNOS/c1-3-11-9-16(7-8-18-11)14(17)12-5-4-6-13(15)10(12)2/h4-6,11H,3,7-9H2,1-2H3. The van der Waals surface area contributed by atoms with Crippen LogP contribution >= 0.6 is 27.7 Å². The Kier molecular flexibility index (Phi) is 4.73. The van der Waals surface area contributed by atoms with Gasteiger partial charge in [0.05, 0.1) is 0 Å². The number of benzene rings is 1. The third kappa shape index (κ3) is 2.91. The van der Waals surface area contributed by atoms with E-state index in [1.54, 1.807) is 0 Å². The maximum atomic E-state index is 12.5. The molecule has 4 heteroatoms. The Morgan fingerprint density at radius 2 is 2.33 bits per heavy atom. The van der Waals surface area contributed by atoms with Crippen LogP contribution in [0.3, 0.4) is 0 Å². The van der Waals surface area contributed by atoms with Crippen LogP contribution < -0.4 is 0 Å². The molecule has 1 aromatic carbocycles. The lowest BCUT2D eigenvalue weighted by Crippen LogP contribution is -2.42. The number of amides is 1. The fourth-order valence-corrected chi connectivity index (χ4v) is 3.71. The number of hydrogen-bond donors (Lipinski definition) is 0. The molecule has 1 aliphatic heterocycles. The predicted octanol–water partition coefficient (Wildman–Crippen LogP) is 3.73. The van der Waals surface area contributed by atoms with Crippen LogP contribution in [0.1, 0.15) is 29.3 Å². The minimum absolute atomic E-state index is 0.174. The van der Waals surface area contributed by atoms with Gasteiger partial charge in [-0.25, -0.2) is 0 Å². The zero-order valence-corrected chi connectivity index (χ0v) is 13.2. The predicted molar refractivity (Wildman–Crippen MR) is 81.3 cm³/mol. The molecule has 2 nitrogen and oxygen atoms in total. The summed E-state index contributed by atoms with van der Waals surface area (Å²) in [6.07, 6.45) is 1.13. The molecule has 18 heavy (non-hydrogen) atoms. The summed E-state index contributed by atoms with van der Waals surface area (Å²) in [5.74, 6) is 1.23. The van der Waals surface area contributed by atoms with E-state index in [9.17, 15) is 4.79 Å². The SMILES string of the molecule is CCC1CN(C(=O)c2cccc(Br)c2C)CCS1. The molecule has 0 saturated carbocycles. The van der Waals surface area contributed by atoms with E-state index in [0.717, 1.165) is 40.9 Å². The van der Waals surface area contributed by atoms with Crippen molar-refractivity contribution in [1.82, 2.24) is 4.90 Å². The molecule has 1 fully saturated rings. The van der Waals surface area contributed by atoms with Crippen LogP contribution in [0.5, 0.6) is 0 Å². The molecule has 2 rings (SSSR count). The van der Waals surface area contributed by atoms with Gasteiger partial charge < -0.3 is 4.90 Å². The van der Waals surface area contributed by atoms with Gasteiger partial charge in [-0.05, 0) is 31.0 Å². The van der Waals surface area contributed by atoms with Crippen LogP contribution in [-0.4, -0.2) is 34.9 Å². The van der Waals surface area contributed by atoms with Gasteiger partial charge in [-0.15, -0.1) is 0 Å². The fourth-order valence-electron chi connectivity index (χ4n) is 2.16. The summed E-state index contributed by atoms with van der Waals surface area (Å²) >= 11 is 5.47. The summed E-state index contributed by atoms with van der Waals surface area (Å²) in [7, 11) is 0. The lowest BCUT2D eigenvalue weighted by atomic mass is 10.1. The summed E-state index contributed by atoms with van der Waals surface area (Å²) in [5, 5.41) is 0.593. The summed E-state index contributed by atoms with van der Waals surface area (Å²) in [5.41, 5.74) is 1.86. The Balaban J connectivity index is 2.18. The number of rotatable bonds is 2. The third-order valence-electron chi connectivity index (χ3n) is 3.38. The van der Waals surface area contributed by atoms with Gasteiger partial charge in [0.15, 0.2) is 0 Å². The van der Waals surface area contributed by atoms with Crippen molar-refractivity contribution in [3.05, 3.63) is 33.8 Å². The average molecular weight is 328 g/mol. The van der Waals surface area contributed by atoms with Crippen LogP contribution in [0, 0.1) is 6.92 Å². The van der Waals surface area contributed by atoms with Crippen LogP contribution in [0.15, 0.2) is 22.7 Å². The Hall–Kier alpha value is -0.480. The van der Waals surface area contributed by atoms with E-state index in [1.807, 2.05) is 41.8 Å². The lowest BCUT2D eigenvalue weighted by Gasteiger charge is -2.32. The number of thioether (sulfide) groups is 1. The van der Waals surface area contributed by atoms with Crippen LogP contribution in [0.4, 0.5) is 0 Å². The molecule has 0 bridgehead atoms. The third-order valence-corrected chi connectivity index (χ3v) is 5.61. The first kappa shape index (κ1) is 13.9. The number of carbonyl (C=O) groups is 1. The topological polar surface area (TPSA) is 20.3 Å². The summed E-state index contributed by atoms with van der Waals surface area (Å²) in [4.78, 5) is 14.5. The molecule has 0 aliphatic carbocycles. The first-order valence-electron chi connectivity index (χ1n) is 6.29. The van der Waals surface area contributed by atoms with Gasteiger partial charge in [0, 0.05) is 34.1 Å². The van der Waals surface area contributed by atoms with Crippen molar-refractivity contribution >= 4 is 33.6 Å². The molecular weight excluding hydrogens is 310 g/mol. The Bertz CT molecular complexity index is 449. The number of halogens is 1. The highest BCUT2D eigenvalue weighted by Crippen LogP contribution is 2.25. The quantitative estimate of drug-likeness (QED) is 0.825. The maximum Gasteiger partial charge on any atom is 0.254 e. The molecule has 1 heterocycles. The maximum absolute atomic E-state index is 12.5.